The fraction of sp³-hybridized carbons (Fsp3) is 0.143. The molecule has 5 rings (SSSR count). The number of rotatable bonds is 9. The lowest BCUT2D eigenvalue weighted by Gasteiger charge is -2.14. The van der Waals surface area contributed by atoms with E-state index in [4.69, 9.17) is 15.9 Å². The second kappa shape index (κ2) is 13.4. The van der Waals surface area contributed by atoms with Gasteiger partial charge in [-0.1, -0.05) is 24.3 Å². The maximum Gasteiger partial charge on any atom is 0.326 e. The van der Waals surface area contributed by atoms with Gasteiger partial charge in [0.1, 0.15) is 6.04 Å². The number of aromatic amines is 1. The molecule has 0 radical (unpaired) electrons. The van der Waals surface area contributed by atoms with Crippen LogP contribution in [0.15, 0.2) is 77.9 Å². The number of amides is 1. The fourth-order valence-electron chi connectivity index (χ4n) is 3.77. The Morgan fingerprint density at radius 3 is 2.40 bits per heavy atom. The van der Waals surface area contributed by atoms with Crippen molar-refractivity contribution in [2.45, 2.75) is 25.4 Å². The number of nitrogens with two attached hydrogens (primary N) is 1. The third-order valence-corrected chi connectivity index (χ3v) is 5.87. The number of nitrogens with one attached hydrogen (secondary N) is 3. The third kappa shape index (κ3) is 7.81. The molecule has 0 aliphatic rings. The number of para-hydroxylation sites is 1. The Morgan fingerprint density at radius 2 is 1.69 bits per heavy atom. The van der Waals surface area contributed by atoms with Crippen molar-refractivity contribution in [1.29, 1.82) is 0 Å². The SMILES string of the molecule is Nc1nc2ncc(CNc3ccc(C(=O)N[C@@H](CCC(=O)O)C(=O)O)cc3)nc2c(=O)[nH]1.c1ccc2ncccc2c1. The number of H-pyrrole nitrogens is 1. The quantitative estimate of drug-likeness (QED) is 0.150. The molecule has 214 valence electrons. The van der Waals surface area contributed by atoms with Crippen molar-refractivity contribution in [3.8, 4) is 0 Å². The minimum atomic E-state index is -1.31. The van der Waals surface area contributed by atoms with Gasteiger partial charge >= 0.3 is 11.9 Å². The third-order valence-electron chi connectivity index (χ3n) is 5.87. The summed E-state index contributed by atoms with van der Waals surface area (Å²) < 4.78 is 0. The van der Waals surface area contributed by atoms with E-state index >= 15 is 0 Å². The van der Waals surface area contributed by atoms with Crippen LogP contribution in [0.25, 0.3) is 22.1 Å². The molecule has 0 aliphatic carbocycles. The molecule has 1 amide bonds. The number of carboxylic acid groups (broad SMARTS) is 2. The summed E-state index contributed by atoms with van der Waals surface area (Å²) in [6, 6.07) is 16.9. The van der Waals surface area contributed by atoms with Crippen molar-refractivity contribution in [3.63, 3.8) is 0 Å². The van der Waals surface area contributed by atoms with Crippen LogP contribution in [0.4, 0.5) is 11.6 Å². The monoisotopic (exact) mass is 570 g/mol. The van der Waals surface area contributed by atoms with Crippen LogP contribution >= 0.6 is 0 Å². The second-order valence-corrected chi connectivity index (χ2v) is 8.91. The Balaban J connectivity index is 0.000000337. The van der Waals surface area contributed by atoms with Gasteiger partial charge in [-0.05, 0) is 42.8 Å². The van der Waals surface area contributed by atoms with Gasteiger partial charge in [0.15, 0.2) is 11.2 Å². The summed E-state index contributed by atoms with van der Waals surface area (Å²) in [5.41, 5.74) is 7.53. The highest BCUT2D eigenvalue weighted by Gasteiger charge is 2.21. The Labute approximate surface area is 237 Å². The highest BCUT2D eigenvalue weighted by Crippen LogP contribution is 2.12. The topological polar surface area (TPSA) is 226 Å². The first-order chi connectivity index (χ1) is 20.2. The normalized spacial score (nSPS) is 11.2. The first-order valence-corrected chi connectivity index (χ1v) is 12.6. The molecule has 1 atom stereocenters. The number of benzene rings is 2. The number of carbonyl (C=O) groups is 3. The number of anilines is 2. The maximum absolute atomic E-state index is 12.3. The molecule has 0 aliphatic heterocycles. The van der Waals surface area contributed by atoms with Crippen molar-refractivity contribution in [3.05, 3.63) is 94.7 Å². The number of hydrogen-bond donors (Lipinski definition) is 6. The van der Waals surface area contributed by atoms with E-state index in [9.17, 15) is 19.2 Å². The Kier molecular flexibility index (Phi) is 9.30. The summed E-state index contributed by atoms with van der Waals surface area (Å²) in [6.07, 6.45) is 2.65. The average molecular weight is 571 g/mol. The van der Waals surface area contributed by atoms with Gasteiger partial charge in [0.2, 0.25) is 5.95 Å². The Hall–Kier alpha value is -5.92. The molecular weight excluding hydrogens is 544 g/mol. The van der Waals surface area contributed by atoms with E-state index < -0.39 is 29.4 Å². The average Bonchev–Trinajstić information content (AvgIpc) is 2.98. The molecule has 3 heterocycles. The fourth-order valence-corrected chi connectivity index (χ4v) is 3.77. The number of carbonyl (C=O) groups excluding carboxylic acids is 1. The molecule has 14 heteroatoms. The summed E-state index contributed by atoms with van der Waals surface area (Å²) in [7, 11) is 0. The summed E-state index contributed by atoms with van der Waals surface area (Å²) in [5, 5.41) is 24.4. The zero-order chi connectivity index (χ0) is 30.1. The highest BCUT2D eigenvalue weighted by atomic mass is 16.4. The standard InChI is InChI=1S/C19H19N7O6.C9H7N/c20-19-25-15-14(17(30)26-19)23-11(8-22-15)7-21-10-3-1-9(2-4-10)16(29)24-12(18(31)32)5-6-13(27)28;1-2-6-9-8(4-1)5-3-7-10-9/h1-4,8,12,21H,5-7H2,(H,24,29)(H,27,28)(H,31,32)(H3,20,22,25,26,30);1-7H/t12-;/m0./s1. The van der Waals surface area contributed by atoms with Crippen LogP contribution in [0, 0.1) is 0 Å². The lowest BCUT2D eigenvalue weighted by atomic mass is 10.1. The number of carboxylic acids is 2. The first-order valence-electron chi connectivity index (χ1n) is 12.6. The molecule has 5 aromatic rings. The van der Waals surface area contributed by atoms with E-state index in [0.29, 0.717) is 11.4 Å². The number of nitrogens with zero attached hydrogens (tertiary/aromatic N) is 4. The number of pyridine rings is 1. The van der Waals surface area contributed by atoms with Gasteiger partial charge < -0.3 is 26.6 Å². The zero-order valence-corrected chi connectivity index (χ0v) is 22.0. The number of fused-ring (bicyclic) bond motifs is 2. The minimum Gasteiger partial charge on any atom is -0.481 e. The molecule has 0 saturated carbocycles. The van der Waals surface area contributed by atoms with Crippen LogP contribution in [0.5, 0.6) is 0 Å². The lowest BCUT2D eigenvalue weighted by Crippen LogP contribution is -2.41. The number of nitrogen functional groups attached to an aromatic ring is 1. The van der Waals surface area contributed by atoms with E-state index in [1.54, 1.807) is 12.1 Å². The highest BCUT2D eigenvalue weighted by molar-refractivity contribution is 5.97. The molecule has 0 spiro atoms. The van der Waals surface area contributed by atoms with Gasteiger partial charge in [-0.3, -0.25) is 24.4 Å². The largest absolute Gasteiger partial charge is 0.481 e. The predicted octanol–water partition coefficient (Wildman–Crippen LogP) is 2.19. The van der Waals surface area contributed by atoms with E-state index in [0.717, 1.165) is 5.52 Å². The summed E-state index contributed by atoms with van der Waals surface area (Å²) >= 11 is 0. The Bertz CT molecular complexity index is 1730. The van der Waals surface area contributed by atoms with Gasteiger partial charge in [0, 0.05) is 29.3 Å². The smallest absolute Gasteiger partial charge is 0.326 e. The van der Waals surface area contributed by atoms with Crippen LogP contribution in [0.3, 0.4) is 0 Å². The second-order valence-electron chi connectivity index (χ2n) is 8.91. The summed E-state index contributed by atoms with van der Waals surface area (Å²) in [6.45, 7) is 0.231. The van der Waals surface area contributed by atoms with Crippen LogP contribution < -0.4 is 21.9 Å². The van der Waals surface area contributed by atoms with Gasteiger partial charge in [0.25, 0.3) is 11.5 Å². The first kappa shape index (κ1) is 29.1. The molecule has 7 N–H and O–H groups in total. The van der Waals surface area contributed by atoms with E-state index in [1.165, 1.54) is 23.7 Å². The van der Waals surface area contributed by atoms with Crippen LogP contribution in [0.2, 0.25) is 0 Å². The molecular formula is C28H26N8O6. The van der Waals surface area contributed by atoms with Crippen LogP contribution in [-0.4, -0.2) is 59.0 Å². The molecule has 3 aromatic heterocycles. The molecule has 0 fully saturated rings. The predicted molar refractivity (Wildman–Crippen MR) is 154 cm³/mol. The molecule has 14 nitrogen and oxygen atoms in total. The molecule has 0 bridgehead atoms. The van der Waals surface area contributed by atoms with Gasteiger partial charge in [0.05, 0.1) is 24.0 Å². The molecule has 0 saturated heterocycles. The van der Waals surface area contributed by atoms with E-state index in [1.807, 2.05) is 30.5 Å². The van der Waals surface area contributed by atoms with Gasteiger partial charge in [-0.2, -0.15) is 4.98 Å². The van der Waals surface area contributed by atoms with Crippen molar-refractivity contribution in [1.82, 2.24) is 30.2 Å². The number of hydrogen-bond acceptors (Lipinski definition) is 10. The molecule has 0 unspecified atom stereocenters. The van der Waals surface area contributed by atoms with Crippen LogP contribution in [-0.2, 0) is 16.1 Å². The van der Waals surface area contributed by atoms with Crippen molar-refractivity contribution in [2.75, 3.05) is 11.1 Å². The number of aromatic nitrogens is 5. The number of aliphatic carboxylic acids is 2. The minimum absolute atomic E-state index is 0.0524. The van der Waals surface area contributed by atoms with Crippen molar-refractivity contribution >= 4 is 51.5 Å². The Morgan fingerprint density at radius 1 is 0.952 bits per heavy atom. The van der Waals surface area contributed by atoms with E-state index in [2.05, 4.69) is 47.7 Å². The van der Waals surface area contributed by atoms with Crippen molar-refractivity contribution in [2.24, 2.45) is 0 Å². The van der Waals surface area contributed by atoms with E-state index in [-0.39, 0.29) is 42.1 Å². The molecule has 2 aromatic carbocycles. The van der Waals surface area contributed by atoms with Gasteiger partial charge in [-0.25, -0.2) is 14.8 Å². The van der Waals surface area contributed by atoms with Crippen molar-refractivity contribution < 1.29 is 24.6 Å². The van der Waals surface area contributed by atoms with Crippen LogP contribution in [0.1, 0.15) is 28.9 Å². The van der Waals surface area contributed by atoms with Gasteiger partial charge in [-0.15, -0.1) is 0 Å². The zero-order valence-electron chi connectivity index (χ0n) is 22.0. The maximum atomic E-state index is 12.3. The lowest BCUT2D eigenvalue weighted by molar-refractivity contribution is -0.140. The molecule has 42 heavy (non-hydrogen) atoms. The summed E-state index contributed by atoms with van der Waals surface area (Å²) in [4.78, 5) is 64.7. The summed E-state index contributed by atoms with van der Waals surface area (Å²) in [5.74, 6) is -3.16.